The Hall–Kier alpha value is -0.370. The molecule has 1 unspecified atom stereocenters. The number of hydrogen-bond acceptors (Lipinski definition) is 2. The van der Waals surface area contributed by atoms with Crippen LogP contribution >= 0.6 is 0 Å². The topological polar surface area (TPSA) is 26.3 Å². The average molecular weight is 200 g/mol. The highest BCUT2D eigenvalue weighted by Gasteiger charge is 2.21. The molecular weight excluding hydrogens is 176 g/mol. The van der Waals surface area contributed by atoms with Crippen LogP contribution < -0.4 is 0 Å². The molecule has 0 N–H and O–H groups in total. The molecule has 14 heavy (non-hydrogen) atoms. The summed E-state index contributed by atoms with van der Waals surface area (Å²) in [5.41, 5.74) is 0.233. The van der Waals surface area contributed by atoms with E-state index in [4.69, 9.17) is 4.74 Å². The number of Topliss-reactive ketones (excluding diaryl/α,β-unsaturated/α-hetero) is 1. The molecule has 84 valence electrons. The van der Waals surface area contributed by atoms with Crippen LogP contribution in [0.15, 0.2) is 0 Å². The second kappa shape index (κ2) is 6.18. The molecule has 0 saturated carbocycles. The molecule has 0 aliphatic carbocycles. The fourth-order valence-corrected chi connectivity index (χ4v) is 1.16. The van der Waals surface area contributed by atoms with Crippen molar-refractivity contribution in [3.8, 4) is 0 Å². The lowest BCUT2D eigenvalue weighted by atomic mass is 9.79. The minimum Gasteiger partial charge on any atom is -0.385 e. The van der Waals surface area contributed by atoms with E-state index in [0.717, 1.165) is 6.42 Å². The first-order valence-electron chi connectivity index (χ1n) is 5.38. The monoisotopic (exact) mass is 200 g/mol. The number of ether oxygens (including phenoxy) is 1. The summed E-state index contributed by atoms with van der Waals surface area (Å²) in [4.78, 5) is 11.5. The van der Waals surface area contributed by atoms with Gasteiger partial charge in [-0.1, -0.05) is 27.7 Å². The summed E-state index contributed by atoms with van der Waals surface area (Å²) < 4.78 is 4.91. The predicted octanol–water partition coefficient (Wildman–Crippen LogP) is 3.05. The molecule has 0 aromatic carbocycles. The maximum atomic E-state index is 11.5. The Bertz CT molecular complexity index is 168. The largest absolute Gasteiger partial charge is 0.385 e. The Balaban J connectivity index is 3.72. The zero-order valence-electron chi connectivity index (χ0n) is 10.2. The first kappa shape index (κ1) is 13.6. The van der Waals surface area contributed by atoms with Gasteiger partial charge in [0.1, 0.15) is 5.78 Å². The van der Waals surface area contributed by atoms with Crippen molar-refractivity contribution in [3.63, 3.8) is 0 Å². The standard InChI is InChI=1S/C12H24O2/c1-10(12(2,3)4)9-11(13)7-6-8-14-5/h10H,6-9H2,1-5H3. The molecule has 0 rings (SSSR count). The van der Waals surface area contributed by atoms with Gasteiger partial charge in [0.25, 0.3) is 0 Å². The third-order valence-corrected chi connectivity index (χ3v) is 2.82. The molecule has 0 aromatic rings. The van der Waals surface area contributed by atoms with E-state index in [2.05, 4.69) is 27.7 Å². The summed E-state index contributed by atoms with van der Waals surface area (Å²) in [5.74, 6) is 0.821. The molecule has 2 nitrogen and oxygen atoms in total. The number of hydrogen-bond donors (Lipinski definition) is 0. The number of carbonyl (C=O) groups excluding carboxylic acids is 1. The fourth-order valence-electron chi connectivity index (χ4n) is 1.16. The first-order chi connectivity index (χ1) is 6.38. The van der Waals surface area contributed by atoms with Gasteiger partial charge in [0.15, 0.2) is 0 Å². The Morgan fingerprint density at radius 1 is 1.36 bits per heavy atom. The highest BCUT2D eigenvalue weighted by molar-refractivity contribution is 5.78. The molecule has 0 bridgehead atoms. The van der Waals surface area contributed by atoms with Gasteiger partial charge >= 0.3 is 0 Å². The molecule has 1 atom stereocenters. The van der Waals surface area contributed by atoms with Crippen LogP contribution in [0, 0.1) is 11.3 Å². The van der Waals surface area contributed by atoms with Crippen LogP contribution in [0.2, 0.25) is 0 Å². The summed E-state index contributed by atoms with van der Waals surface area (Å²) in [6, 6.07) is 0. The van der Waals surface area contributed by atoms with Gasteiger partial charge in [-0.05, 0) is 17.8 Å². The Morgan fingerprint density at radius 2 is 1.93 bits per heavy atom. The van der Waals surface area contributed by atoms with Crippen LogP contribution in [0.5, 0.6) is 0 Å². The third-order valence-electron chi connectivity index (χ3n) is 2.82. The number of methoxy groups -OCH3 is 1. The predicted molar refractivity (Wildman–Crippen MR) is 59.4 cm³/mol. The van der Waals surface area contributed by atoms with Crippen LogP contribution in [0.4, 0.5) is 0 Å². The van der Waals surface area contributed by atoms with Crippen LogP contribution in [-0.2, 0) is 9.53 Å². The normalized spacial score (nSPS) is 14.1. The Morgan fingerprint density at radius 3 is 2.36 bits per heavy atom. The lowest BCUT2D eigenvalue weighted by molar-refractivity contribution is -0.120. The summed E-state index contributed by atoms with van der Waals surface area (Å²) in [6.07, 6.45) is 2.22. The van der Waals surface area contributed by atoms with E-state index in [9.17, 15) is 4.79 Å². The van der Waals surface area contributed by atoms with Crippen LogP contribution in [0.1, 0.15) is 47.0 Å². The summed E-state index contributed by atoms with van der Waals surface area (Å²) in [5, 5.41) is 0. The third kappa shape index (κ3) is 6.14. The summed E-state index contributed by atoms with van der Waals surface area (Å²) >= 11 is 0. The molecule has 0 aliphatic rings. The highest BCUT2D eigenvalue weighted by atomic mass is 16.5. The van der Waals surface area contributed by atoms with E-state index >= 15 is 0 Å². The van der Waals surface area contributed by atoms with E-state index in [1.54, 1.807) is 7.11 Å². The molecule has 0 spiro atoms. The lowest BCUT2D eigenvalue weighted by Gasteiger charge is -2.26. The van der Waals surface area contributed by atoms with Crippen molar-refractivity contribution in [2.45, 2.75) is 47.0 Å². The molecule has 0 heterocycles. The van der Waals surface area contributed by atoms with Gasteiger partial charge < -0.3 is 4.74 Å². The van der Waals surface area contributed by atoms with Gasteiger partial charge in [0, 0.05) is 26.6 Å². The van der Waals surface area contributed by atoms with Crippen molar-refractivity contribution in [2.75, 3.05) is 13.7 Å². The second-order valence-electron chi connectivity index (χ2n) is 5.11. The molecular formula is C12H24O2. The first-order valence-corrected chi connectivity index (χ1v) is 5.38. The molecule has 2 heteroatoms. The number of ketones is 1. The fraction of sp³-hybridized carbons (Fsp3) is 0.917. The number of carbonyl (C=O) groups is 1. The number of rotatable bonds is 6. The zero-order valence-corrected chi connectivity index (χ0v) is 10.2. The molecule has 0 aromatic heterocycles. The Kier molecular flexibility index (Phi) is 6.01. The zero-order chi connectivity index (χ0) is 11.2. The highest BCUT2D eigenvalue weighted by Crippen LogP contribution is 2.28. The van der Waals surface area contributed by atoms with Crippen molar-refractivity contribution in [1.82, 2.24) is 0 Å². The molecule has 0 aliphatic heterocycles. The second-order valence-corrected chi connectivity index (χ2v) is 5.11. The molecule has 0 radical (unpaired) electrons. The quantitative estimate of drug-likeness (QED) is 0.616. The minimum absolute atomic E-state index is 0.233. The van der Waals surface area contributed by atoms with E-state index < -0.39 is 0 Å². The smallest absolute Gasteiger partial charge is 0.133 e. The van der Waals surface area contributed by atoms with Gasteiger partial charge in [-0.2, -0.15) is 0 Å². The maximum absolute atomic E-state index is 11.5. The SMILES string of the molecule is COCCCC(=O)CC(C)C(C)(C)C. The van der Waals surface area contributed by atoms with E-state index in [-0.39, 0.29) is 5.41 Å². The molecule has 0 fully saturated rings. The average Bonchev–Trinajstić information content (AvgIpc) is 2.03. The maximum Gasteiger partial charge on any atom is 0.133 e. The summed E-state index contributed by atoms with van der Waals surface area (Å²) in [7, 11) is 1.67. The molecule has 0 saturated heterocycles. The van der Waals surface area contributed by atoms with Gasteiger partial charge in [-0.3, -0.25) is 4.79 Å². The molecule has 0 amide bonds. The lowest BCUT2D eigenvalue weighted by Crippen LogP contribution is -2.20. The van der Waals surface area contributed by atoms with Crippen LogP contribution in [-0.4, -0.2) is 19.5 Å². The Labute approximate surface area is 88.0 Å². The van der Waals surface area contributed by atoms with Crippen LogP contribution in [0.3, 0.4) is 0 Å². The van der Waals surface area contributed by atoms with Gasteiger partial charge in [0.05, 0.1) is 0 Å². The van der Waals surface area contributed by atoms with Crippen molar-refractivity contribution in [3.05, 3.63) is 0 Å². The van der Waals surface area contributed by atoms with Crippen molar-refractivity contribution in [1.29, 1.82) is 0 Å². The van der Waals surface area contributed by atoms with Crippen molar-refractivity contribution in [2.24, 2.45) is 11.3 Å². The summed E-state index contributed by atoms with van der Waals surface area (Å²) in [6.45, 7) is 9.38. The van der Waals surface area contributed by atoms with E-state index in [1.165, 1.54) is 0 Å². The van der Waals surface area contributed by atoms with Crippen LogP contribution in [0.25, 0.3) is 0 Å². The van der Waals surface area contributed by atoms with Crippen molar-refractivity contribution >= 4 is 5.78 Å². The van der Waals surface area contributed by atoms with E-state index in [1.807, 2.05) is 0 Å². The van der Waals surface area contributed by atoms with E-state index in [0.29, 0.717) is 31.1 Å². The van der Waals surface area contributed by atoms with Gasteiger partial charge in [-0.15, -0.1) is 0 Å². The van der Waals surface area contributed by atoms with Gasteiger partial charge in [-0.25, -0.2) is 0 Å². The van der Waals surface area contributed by atoms with Gasteiger partial charge in [0.2, 0.25) is 0 Å². The minimum atomic E-state index is 0.233. The van der Waals surface area contributed by atoms with Crippen molar-refractivity contribution < 1.29 is 9.53 Å².